The molecule has 6 heteroatoms. The van der Waals surface area contributed by atoms with Crippen LogP contribution in [0.2, 0.25) is 0 Å². The summed E-state index contributed by atoms with van der Waals surface area (Å²) in [5, 5.41) is 2.63. The van der Waals surface area contributed by atoms with E-state index in [1.54, 1.807) is 14.0 Å². The third-order valence-electron chi connectivity index (χ3n) is 5.20. The van der Waals surface area contributed by atoms with Crippen molar-refractivity contribution >= 4 is 23.4 Å². The second-order valence-corrected chi connectivity index (χ2v) is 7.26. The molecule has 0 fully saturated rings. The van der Waals surface area contributed by atoms with Crippen LogP contribution < -0.4 is 10.2 Å². The smallest absolute Gasteiger partial charge is 0.409 e. The van der Waals surface area contributed by atoms with Crippen LogP contribution in [0, 0.1) is 0 Å². The van der Waals surface area contributed by atoms with Gasteiger partial charge in [0, 0.05) is 18.2 Å². The second kappa shape index (κ2) is 8.83. The fourth-order valence-corrected chi connectivity index (χ4v) is 3.54. The molecular weight excluding hydrogens is 390 g/mol. The number of nitrogens with zero attached hydrogens (tertiary/aromatic N) is 2. The van der Waals surface area contributed by atoms with E-state index in [1.165, 1.54) is 4.90 Å². The summed E-state index contributed by atoms with van der Waals surface area (Å²) in [5.74, 6) is -0.345. The van der Waals surface area contributed by atoms with E-state index in [2.05, 4.69) is 10.3 Å². The number of rotatable bonds is 4. The van der Waals surface area contributed by atoms with Crippen molar-refractivity contribution in [2.24, 2.45) is 4.99 Å². The quantitative estimate of drug-likeness (QED) is 0.693. The molecule has 0 saturated carbocycles. The molecule has 0 aromatic heterocycles. The number of anilines is 1. The molecule has 1 N–H and O–H groups in total. The lowest BCUT2D eigenvalue weighted by atomic mass is 10.0. The van der Waals surface area contributed by atoms with E-state index in [4.69, 9.17) is 4.74 Å². The van der Waals surface area contributed by atoms with Gasteiger partial charge in [-0.2, -0.15) is 0 Å². The molecule has 2 atom stereocenters. The van der Waals surface area contributed by atoms with E-state index in [-0.39, 0.29) is 5.91 Å². The van der Waals surface area contributed by atoms with Gasteiger partial charge in [-0.15, -0.1) is 0 Å². The normalized spacial score (nSPS) is 16.6. The van der Waals surface area contributed by atoms with Crippen LogP contribution in [0.15, 0.2) is 89.9 Å². The van der Waals surface area contributed by atoms with Crippen molar-refractivity contribution in [3.05, 3.63) is 102 Å². The van der Waals surface area contributed by atoms with E-state index < -0.39 is 18.4 Å². The SMILES string of the molecule is C[C@@H](OC(=O)N[C@@H]1N=C(c2ccccc2)c2ccccc2N(C)C1=O)c1ccccc1. The molecule has 6 nitrogen and oxygen atoms in total. The van der Waals surface area contributed by atoms with Gasteiger partial charge < -0.3 is 9.64 Å². The number of benzodiazepines with no additional fused rings is 1. The standard InChI is InChI=1S/C25H23N3O3/c1-17(18-11-5-3-6-12-18)31-25(30)27-23-24(29)28(2)21-16-10-9-15-20(21)22(26-23)19-13-7-4-8-14-19/h3-17,23H,1-2H3,(H,27,30)/t17-,23+/m1/s1. The van der Waals surface area contributed by atoms with Gasteiger partial charge in [0.05, 0.1) is 11.4 Å². The highest BCUT2D eigenvalue weighted by Gasteiger charge is 2.31. The van der Waals surface area contributed by atoms with E-state index in [9.17, 15) is 9.59 Å². The molecule has 31 heavy (non-hydrogen) atoms. The van der Waals surface area contributed by atoms with Gasteiger partial charge in [-0.05, 0) is 18.6 Å². The second-order valence-electron chi connectivity index (χ2n) is 7.26. The molecule has 156 valence electrons. The van der Waals surface area contributed by atoms with Crippen LogP contribution in [-0.2, 0) is 9.53 Å². The fourth-order valence-electron chi connectivity index (χ4n) is 3.54. The number of hydrogen-bond donors (Lipinski definition) is 1. The topological polar surface area (TPSA) is 71.0 Å². The minimum Gasteiger partial charge on any atom is -0.442 e. The first-order valence-corrected chi connectivity index (χ1v) is 10.1. The molecular formula is C25H23N3O3. The number of ether oxygens (including phenoxy) is 1. The first-order valence-electron chi connectivity index (χ1n) is 10.1. The Morgan fingerprint density at radius 2 is 1.58 bits per heavy atom. The van der Waals surface area contributed by atoms with Gasteiger partial charge >= 0.3 is 6.09 Å². The van der Waals surface area contributed by atoms with Gasteiger partial charge in [0.2, 0.25) is 6.17 Å². The Bertz CT molecular complexity index is 1110. The van der Waals surface area contributed by atoms with Gasteiger partial charge in [0.15, 0.2) is 0 Å². The Labute approximate surface area is 181 Å². The van der Waals surface area contributed by atoms with Crippen LogP contribution in [0.5, 0.6) is 0 Å². The average Bonchev–Trinajstić information content (AvgIpc) is 2.91. The maximum atomic E-state index is 13.1. The molecule has 0 radical (unpaired) electrons. The first-order chi connectivity index (χ1) is 15.0. The number of carbonyl (C=O) groups excluding carboxylic acids is 2. The van der Waals surface area contributed by atoms with Crippen molar-refractivity contribution in [3.63, 3.8) is 0 Å². The molecule has 0 unspecified atom stereocenters. The average molecular weight is 413 g/mol. The third kappa shape index (κ3) is 4.33. The number of benzene rings is 3. The number of nitrogens with one attached hydrogen (secondary N) is 1. The predicted octanol–water partition coefficient (Wildman–Crippen LogP) is 4.31. The molecule has 3 aromatic carbocycles. The van der Waals surface area contributed by atoms with Crippen LogP contribution in [0.1, 0.15) is 29.7 Å². The summed E-state index contributed by atoms with van der Waals surface area (Å²) >= 11 is 0. The number of alkyl carbamates (subject to hydrolysis) is 1. The number of amides is 2. The van der Waals surface area contributed by atoms with Gasteiger partial charge in [-0.25, -0.2) is 9.79 Å². The van der Waals surface area contributed by atoms with E-state index in [1.807, 2.05) is 84.9 Å². The van der Waals surface area contributed by atoms with E-state index >= 15 is 0 Å². The Morgan fingerprint density at radius 1 is 0.968 bits per heavy atom. The molecule has 2 amide bonds. The number of hydrogen-bond acceptors (Lipinski definition) is 4. The zero-order valence-electron chi connectivity index (χ0n) is 17.4. The van der Waals surface area contributed by atoms with Crippen molar-refractivity contribution in [2.75, 3.05) is 11.9 Å². The van der Waals surface area contributed by atoms with Crippen LogP contribution >= 0.6 is 0 Å². The zero-order valence-corrected chi connectivity index (χ0v) is 17.4. The Morgan fingerprint density at radius 3 is 2.29 bits per heavy atom. The number of likely N-dealkylation sites (N-methyl/N-ethyl adjacent to an activating group) is 1. The highest BCUT2D eigenvalue weighted by atomic mass is 16.6. The van der Waals surface area contributed by atoms with Crippen LogP contribution in [-0.4, -0.2) is 30.9 Å². The number of fused-ring (bicyclic) bond motifs is 1. The van der Waals surface area contributed by atoms with Crippen LogP contribution in [0.4, 0.5) is 10.5 Å². The molecule has 0 aliphatic carbocycles. The fraction of sp³-hybridized carbons (Fsp3) is 0.160. The van der Waals surface area contributed by atoms with Crippen LogP contribution in [0.3, 0.4) is 0 Å². The minimum atomic E-state index is -1.11. The van der Waals surface area contributed by atoms with Gasteiger partial charge in [0.1, 0.15) is 6.10 Å². The third-order valence-corrected chi connectivity index (χ3v) is 5.20. The first kappa shape index (κ1) is 20.3. The lowest BCUT2D eigenvalue weighted by Gasteiger charge is -2.21. The van der Waals surface area contributed by atoms with Crippen molar-refractivity contribution in [3.8, 4) is 0 Å². The Hall–Kier alpha value is -3.93. The molecule has 3 aromatic rings. The summed E-state index contributed by atoms with van der Waals surface area (Å²) in [6, 6.07) is 26.6. The minimum absolute atomic E-state index is 0.345. The summed E-state index contributed by atoms with van der Waals surface area (Å²) in [6.45, 7) is 1.78. The van der Waals surface area contributed by atoms with Crippen molar-refractivity contribution in [1.29, 1.82) is 0 Å². The summed E-state index contributed by atoms with van der Waals surface area (Å²) in [7, 11) is 1.68. The predicted molar refractivity (Wildman–Crippen MR) is 120 cm³/mol. The van der Waals surface area contributed by atoms with E-state index in [0.717, 1.165) is 22.4 Å². The molecule has 0 spiro atoms. The summed E-state index contributed by atoms with van der Waals surface area (Å²) < 4.78 is 5.49. The molecule has 4 rings (SSSR count). The van der Waals surface area contributed by atoms with E-state index in [0.29, 0.717) is 5.71 Å². The Kier molecular flexibility index (Phi) is 5.80. The highest BCUT2D eigenvalue weighted by molar-refractivity contribution is 6.20. The lowest BCUT2D eigenvalue weighted by molar-refractivity contribution is -0.120. The Balaban J connectivity index is 1.64. The van der Waals surface area contributed by atoms with Crippen LogP contribution in [0.25, 0.3) is 0 Å². The maximum Gasteiger partial charge on any atom is 0.409 e. The largest absolute Gasteiger partial charge is 0.442 e. The number of para-hydroxylation sites is 1. The molecule has 0 bridgehead atoms. The molecule has 1 aliphatic heterocycles. The summed E-state index contributed by atoms with van der Waals surface area (Å²) in [4.78, 5) is 31.9. The lowest BCUT2D eigenvalue weighted by Crippen LogP contribution is -2.46. The summed E-state index contributed by atoms with van der Waals surface area (Å²) in [6.07, 6.45) is -2.28. The van der Waals surface area contributed by atoms with Gasteiger partial charge in [-0.3, -0.25) is 10.1 Å². The molecule has 1 heterocycles. The highest BCUT2D eigenvalue weighted by Crippen LogP contribution is 2.27. The van der Waals surface area contributed by atoms with Crippen molar-refractivity contribution in [1.82, 2.24) is 5.32 Å². The monoisotopic (exact) mass is 413 g/mol. The maximum absolute atomic E-state index is 13.1. The zero-order chi connectivity index (χ0) is 21.8. The molecule has 0 saturated heterocycles. The molecule has 1 aliphatic rings. The summed E-state index contributed by atoms with van der Waals surface area (Å²) in [5.41, 5.74) is 3.90. The van der Waals surface area contributed by atoms with Crippen molar-refractivity contribution < 1.29 is 14.3 Å². The number of carbonyl (C=O) groups is 2. The van der Waals surface area contributed by atoms with Gasteiger partial charge in [0.25, 0.3) is 5.91 Å². The van der Waals surface area contributed by atoms with Crippen molar-refractivity contribution in [2.45, 2.75) is 19.2 Å². The number of aliphatic imine (C=N–C) groups is 1. The van der Waals surface area contributed by atoms with Gasteiger partial charge in [-0.1, -0.05) is 78.9 Å².